The molecule has 0 saturated heterocycles. The Kier molecular flexibility index (Phi) is 6.34. The van der Waals surface area contributed by atoms with Gasteiger partial charge >= 0.3 is 6.18 Å². The smallest absolute Gasteiger partial charge is 0.427 e. The fourth-order valence-electron chi connectivity index (χ4n) is 2.74. The number of anilines is 1. The van der Waals surface area contributed by atoms with Gasteiger partial charge < -0.3 is 24.6 Å². The summed E-state index contributed by atoms with van der Waals surface area (Å²) in [5, 5.41) is 11.7. The summed E-state index contributed by atoms with van der Waals surface area (Å²) < 4.78 is 83.0. The fourth-order valence-corrected chi connectivity index (χ4v) is 2.74. The molecule has 0 aliphatic heterocycles. The van der Waals surface area contributed by atoms with Crippen molar-refractivity contribution in [2.24, 2.45) is 0 Å². The molecule has 11 heteroatoms. The number of nitrogens with zero attached hydrogens (tertiary/aromatic N) is 1. The number of hydrogen-bond acceptors (Lipinski definition) is 6. The third-order valence-electron chi connectivity index (χ3n) is 4.29. The lowest BCUT2D eigenvalue weighted by Gasteiger charge is -2.21. The van der Waals surface area contributed by atoms with Crippen LogP contribution in [0.5, 0.6) is 23.0 Å². The predicted molar refractivity (Wildman–Crippen MR) is 102 cm³/mol. The van der Waals surface area contributed by atoms with Gasteiger partial charge in [-0.15, -0.1) is 0 Å². The maximum atomic E-state index is 14.3. The zero-order chi connectivity index (χ0) is 22.8. The number of rotatable bonds is 7. The number of fused-ring (bicyclic) bond motifs is 1. The SMILES string of the molecule is CNc1cc(F)c(Oc2ccnc3cc(OC)c(OC(CO)C(F)(F)F)cc23)c(F)c1. The highest BCUT2D eigenvalue weighted by atomic mass is 19.4. The largest absolute Gasteiger partial charge is 0.493 e. The molecule has 0 aliphatic carbocycles. The van der Waals surface area contributed by atoms with E-state index in [0.717, 1.165) is 18.2 Å². The number of pyridine rings is 1. The van der Waals surface area contributed by atoms with E-state index in [1.807, 2.05) is 0 Å². The lowest BCUT2D eigenvalue weighted by Crippen LogP contribution is -2.37. The van der Waals surface area contributed by atoms with E-state index in [-0.39, 0.29) is 33.8 Å². The summed E-state index contributed by atoms with van der Waals surface area (Å²) in [7, 11) is 2.70. The number of methoxy groups -OCH3 is 1. The molecule has 0 spiro atoms. The number of aromatic nitrogens is 1. The number of nitrogens with one attached hydrogen (secondary N) is 1. The first kappa shape index (κ1) is 22.3. The van der Waals surface area contributed by atoms with Gasteiger partial charge in [-0.25, -0.2) is 8.78 Å². The lowest BCUT2D eigenvalue weighted by molar-refractivity contribution is -0.204. The number of aliphatic hydroxyl groups is 1. The van der Waals surface area contributed by atoms with Crippen LogP contribution in [0.25, 0.3) is 10.9 Å². The second-order valence-electron chi connectivity index (χ2n) is 6.28. The molecule has 3 rings (SSSR count). The van der Waals surface area contributed by atoms with E-state index in [1.165, 1.54) is 32.5 Å². The molecule has 0 radical (unpaired) electrons. The Labute approximate surface area is 173 Å². The van der Waals surface area contributed by atoms with Crippen LogP contribution in [0, 0.1) is 11.6 Å². The summed E-state index contributed by atoms with van der Waals surface area (Å²) >= 11 is 0. The number of hydrogen-bond donors (Lipinski definition) is 2. The quantitative estimate of drug-likeness (QED) is 0.517. The summed E-state index contributed by atoms with van der Waals surface area (Å²) in [6.45, 7) is -1.32. The van der Waals surface area contributed by atoms with Gasteiger partial charge in [-0.2, -0.15) is 13.2 Å². The summed E-state index contributed by atoms with van der Waals surface area (Å²) in [5.74, 6) is -3.21. The van der Waals surface area contributed by atoms with Crippen LogP contribution in [0.2, 0.25) is 0 Å². The summed E-state index contributed by atoms with van der Waals surface area (Å²) in [4.78, 5) is 4.07. The first-order chi connectivity index (χ1) is 14.7. The molecule has 2 aromatic carbocycles. The highest BCUT2D eigenvalue weighted by molar-refractivity contribution is 5.88. The maximum absolute atomic E-state index is 14.3. The van der Waals surface area contributed by atoms with Crippen molar-refractivity contribution in [1.29, 1.82) is 0 Å². The summed E-state index contributed by atoms with van der Waals surface area (Å²) in [6, 6.07) is 5.74. The van der Waals surface area contributed by atoms with Crippen molar-refractivity contribution < 1.29 is 41.3 Å². The van der Waals surface area contributed by atoms with Gasteiger partial charge in [-0.05, 0) is 12.1 Å². The molecule has 1 unspecified atom stereocenters. The zero-order valence-electron chi connectivity index (χ0n) is 16.3. The first-order valence-electron chi connectivity index (χ1n) is 8.83. The highest BCUT2D eigenvalue weighted by Crippen LogP contribution is 2.40. The molecule has 0 aliphatic rings. The van der Waals surface area contributed by atoms with E-state index in [2.05, 4.69) is 10.3 Å². The van der Waals surface area contributed by atoms with E-state index in [9.17, 15) is 22.0 Å². The van der Waals surface area contributed by atoms with Crippen LogP contribution in [-0.4, -0.2) is 43.1 Å². The number of alkyl halides is 3. The van der Waals surface area contributed by atoms with Crippen molar-refractivity contribution >= 4 is 16.6 Å². The summed E-state index contributed by atoms with van der Waals surface area (Å²) in [6.07, 6.45) is -6.06. The van der Waals surface area contributed by atoms with Crippen molar-refractivity contribution in [1.82, 2.24) is 4.98 Å². The van der Waals surface area contributed by atoms with Crippen molar-refractivity contribution in [2.45, 2.75) is 12.3 Å². The molecule has 0 bridgehead atoms. The monoisotopic (exact) mass is 444 g/mol. The molecular weight excluding hydrogens is 427 g/mol. The van der Waals surface area contributed by atoms with Gasteiger partial charge in [0.1, 0.15) is 5.75 Å². The lowest BCUT2D eigenvalue weighted by atomic mass is 10.1. The summed E-state index contributed by atoms with van der Waals surface area (Å²) in [5.41, 5.74) is 0.395. The third kappa shape index (κ3) is 4.71. The molecule has 166 valence electrons. The van der Waals surface area contributed by atoms with Gasteiger partial charge in [0, 0.05) is 42.5 Å². The normalized spacial score (nSPS) is 12.5. The minimum atomic E-state index is -4.84. The van der Waals surface area contributed by atoms with E-state index in [0.29, 0.717) is 0 Å². The molecule has 6 nitrogen and oxygen atoms in total. The van der Waals surface area contributed by atoms with Crippen LogP contribution >= 0.6 is 0 Å². The Morgan fingerprint density at radius 1 is 1.06 bits per heavy atom. The van der Waals surface area contributed by atoms with Crippen LogP contribution in [0.1, 0.15) is 0 Å². The van der Waals surface area contributed by atoms with Gasteiger partial charge in [-0.1, -0.05) is 0 Å². The van der Waals surface area contributed by atoms with E-state index in [4.69, 9.17) is 19.3 Å². The van der Waals surface area contributed by atoms with E-state index in [1.54, 1.807) is 0 Å². The standard InChI is InChI=1S/C20H17F5N2O4/c1-26-10-5-12(21)19(13(22)6-10)31-15-3-4-27-14-8-16(29-2)17(7-11(14)15)30-18(9-28)20(23,24)25/h3-8,18,26,28H,9H2,1-2H3. The number of halogens is 5. The average Bonchev–Trinajstić information content (AvgIpc) is 2.72. The molecular formula is C20H17F5N2O4. The van der Waals surface area contributed by atoms with Gasteiger partial charge in [-0.3, -0.25) is 4.98 Å². The van der Waals surface area contributed by atoms with Gasteiger partial charge in [0.25, 0.3) is 0 Å². The van der Waals surface area contributed by atoms with Crippen LogP contribution in [-0.2, 0) is 0 Å². The molecule has 0 amide bonds. The van der Waals surface area contributed by atoms with Gasteiger partial charge in [0.2, 0.25) is 6.10 Å². The highest BCUT2D eigenvalue weighted by Gasteiger charge is 2.42. The minimum absolute atomic E-state index is 0.0833. The molecule has 31 heavy (non-hydrogen) atoms. The first-order valence-corrected chi connectivity index (χ1v) is 8.83. The Morgan fingerprint density at radius 2 is 1.74 bits per heavy atom. The molecule has 3 aromatic rings. The average molecular weight is 444 g/mol. The Balaban J connectivity index is 2.08. The predicted octanol–water partition coefficient (Wildman–Crippen LogP) is 4.66. The van der Waals surface area contributed by atoms with E-state index >= 15 is 0 Å². The van der Waals surface area contributed by atoms with Gasteiger partial charge in [0.15, 0.2) is 28.9 Å². The molecule has 0 fully saturated rings. The second kappa shape index (κ2) is 8.80. The molecule has 1 atom stereocenters. The molecule has 2 N–H and O–H groups in total. The molecule has 1 heterocycles. The topological polar surface area (TPSA) is 72.8 Å². The number of benzene rings is 2. The second-order valence-corrected chi connectivity index (χ2v) is 6.28. The fraction of sp³-hybridized carbons (Fsp3) is 0.250. The molecule has 0 saturated carbocycles. The Bertz CT molecular complexity index is 1070. The van der Waals surface area contributed by atoms with Gasteiger partial charge in [0.05, 0.1) is 19.2 Å². The zero-order valence-corrected chi connectivity index (χ0v) is 16.3. The van der Waals surface area contributed by atoms with Crippen molar-refractivity contribution in [2.75, 3.05) is 26.1 Å². The minimum Gasteiger partial charge on any atom is -0.493 e. The maximum Gasteiger partial charge on any atom is 0.427 e. The van der Waals surface area contributed by atoms with Crippen molar-refractivity contribution in [3.8, 4) is 23.0 Å². The molecule has 1 aromatic heterocycles. The van der Waals surface area contributed by atoms with Crippen LogP contribution in [0.15, 0.2) is 36.5 Å². The van der Waals surface area contributed by atoms with Crippen LogP contribution in [0.3, 0.4) is 0 Å². The van der Waals surface area contributed by atoms with Crippen LogP contribution < -0.4 is 19.5 Å². The number of aliphatic hydroxyl groups excluding tert-OH is 1. The van der Waals surface area contributed by atoms with Crippen molar-refractivity contribution in [3.63, 3.8) is 0 Å². The van der Waals surface area contributed by atoms with Crippen LogP contribution in [0.4, 0.5) is 27.6 Å². The Hall–Kier alpha value is -3.34. The van der Waals surface area contributed by atoms with E-state index < -0.39 is 36.3 Å². The Morgan fingerprint density at radius 3 is 2.29 bits per heavy atom. The van der Waals surface area contributed by atoms with Crippen molar-refractivity contribution in [3.05, 3.63) is 48.2 Å². The third-order valence-corrected chi connectivity index (χ3v) is 4.29. The number of ether oxygens (including phenoxy) is 3.